The minimum absolute atomic E-state index is 0.860. The summed E-state index contributed by atoms with van der Waals surface area (Å²) in [4.78, 5) is 0. The molecule has 18 heavy (non-hydrogen) atoms. The van der Waals surface area contributed by atoms with Crippen molar-refractivity contribution in [2.24, 2.45) is 0 Å². The van der Waals surface area contributed by atoms with Crippen LogP contribution < -0.4 is 10.1 Å². The predicted octanol–water partition coefficient (Wildman–Crippen LogP) is 3.88. The number of rotatable bonds is 9. The molecule has 1 rings (SSSR count). The van der Waals surface area contributed by atoms with Gasteiger partial charge in [-0.2, -0.15) is 0 Å². The average molecular weight is 247 g/mol. The molecule has 0 bridgehead atoms. The third-order valence-corrected chi connectivity index (χ3v) is 3.04. The molecule has 0 aliphatic carbocycles. The summed E-state index contributed by atoms with van der Waals surface area (Å²) in [5.41, 5.74) is 2.31. The van der Waals surface area contributed by atoms with Crippen LogP contribution in [-0.4, -0.2) is 20.2 Å². The van der Waals surface area contributed by atoms with E-state index in [1.54, 1.807) is 7.11 Å². The van der Waals surface area contributed by atoms with Crippen LogP contribution >= 0.6 is 0 Å². The SMILES string of the molecule is C=C(CNCCCCCC)c1ccc(OC)cc1. The van der Waals surface area contributed by atoms with E-state index < -0.39 is 0 Å². The van der Waals surface area contributed by atoms with Crippen molar-refractivity contribution in [2.45, 2.75) is 32.6 Å². The van der Waals surface area contributed by atoms with Crippen LogP contribution in [0, 0.1) is 0 Å². The summed E-state index contributed by atoms with van der Waals surface area (Å²) < 4.78 is 5.14. The highest BCUT2D eigenvalue weighted by Gasteiger charge is 1.99. The lowest BCUT2D eigenvalue weighted by Gasteiger charge is -2.08. The highest BCUT2D eigenvalue weighted by atomic mass is 16.5. The Morgan fingerprint density at radius 3 is 2.50 bits per heavy atom. The maximum atomic E-state index is 5.14. The molecule has 0 aliphatic rings. The lowest BCUT2D eigenvalue weighted by Crippen LogP contribution is -2.17. The molecule has 0 atom stereocenters. The topological polar surface area (TPSA) is 21.3 Å². The Morgan fingerprint density at radius 2 is 1.89 bits per heavy atom. The molecule has 0 aromatic heterocycles. The Kier molecular flexibility index (Phi) is 7.19. The average Bonchev–Trinajstić information content (AvgIpc) is 2.42. The monoisotopic (exact) mass is 247 g/mol. The molecule has 1 N–H and O–H groups in total. The van der Waals surface area contributed by atoms with Gasteiger partial charge in [-0.05, 0) is 36.2 Å². The highest BCUT2D eigenvalue weighted by Crippen LogP contribution is 2.16. The van der Waals surface area contributed by atoms with Crippen molar-refractivity contribution in [3.8, 4) is 5.75 Å². The summed E-state index contributed by atoms with van der Waals surface area (Å²) in [5.74, 6) is 0.888. The largest absolute Gasteiger partial charge is 0.497 e. The van der Waals surface area contributed by atoms with E-state index in [2.05, 4.69) is 31.0 Å². The molecule has 1 aromatic carbocycles. The summed E-state index contributed by atoms with van der Waals surface area (Å²) >= 11 is 0. The van der Waals surface area contributed by atoms with Crippen LogP contribution in [-0.2, 0) is 0 Å². The fraction of sp³-hybridized carbons (Fsp3) is 0.500. The molecule has 0 saturated heterocycles. The van der Waals surface area contributed by atoms with Gasteiger partial charge in [-0.15, -0.1) is 0 Å². The number of benzene rings is 1. The van der Waals surface area contributed by atoms with E-state index in [4.69, 9.17) is 4.74 Å². The number of hydrogen-bond donors (Lipinski definition) is 1. The standard InChI is InChI=1S/C16H25NO/c1-4-5-6-7-12-17-13-14(2)15-8-10-16(18-3)11-9-15/h8-11,17H,2,4-7,12-13H2,1,3H3. The van der Waals surface area contributed by atoms with Gasteiger partial charge in [0.2, 0.25) is 0 Å². The van der Waals surface area contributed by atoms with E-state index in [1.165, 1.54) is 31.2 Å². The second-order valence-corrected chi connectivity index (χ2v) is 4.57. The first-order valence-electron chi connectivity index (χ1n) is 6.81. The van der Waals surface area contributed by atoms with Crippen LogP contribution in [0.4, 0.5) is 0 Å². The van der Waals surface area contributed by atoms with Crippen molar-refractivity contribution >= 4 is 5.57 Å². The van der Waals surface area contributed by atoms with Crippen molar-refractivity contribution in [2.75, 3.05) is 20.2 Å². The second kappa shape index (κ2) is 8.76. The third kappa shape index (κ3) is 5.37. The predicted molar refractivity (Wildman–Crippen MR) is 79.0 cm³/mol. The molecule has 2 heteroatoms. The van der Waals surface area contributed by atoms with E-state index in [1.807, 2.05) is 12.1 Å². The van der Waals surface area contributed by atoms with Gasteiger partial charge in [0, 0.05) is 6.54 Å². The number of unbranched alkanes of at least 4 members (excludes halogenated alkanes) is 3. The lowest BCUT2D eigenvalue weighted by atomic mass is 10.1. The first-order chi connectivity index (χ1) is 8.77. The molecular formula is C16H25NO. The van der Waals surface area contributed by atoms with Gasteiger partial charge in [0.15, 0.2) is 0 Å². The molecule has 1 aromatic rings. The van der Waals surface area contributed by atoms with Crippen molar-refractivity contribution in [3.63, 3.8) is 0 Å². The smallest absolute Gasteiger partial charge is 0.118 e. The van der Waals surface area contributed by atoms with Crippen LogP contribution in [0.3, 0.4) is 0 Å². The van der Waals surface area contributed by atoms with Gasteiger partial charge in [-0.25, -0.2) is 0 Å². The molecule has 0 radical (unpaired) electrons. The van der Waals surface area contributed by atoms with Crippen molar-refractivity contribution in [1.82, 2.24) is 5.32 Å². The van der Waals surface area contributed by atoms with E-state index in [9.17, 15) is 0 Å². The van der Waals surface area contributed by atoms with Crippen LogP contribution in [0.2, 0.25) is 0 Å². The summed E-state index contributed by atoms with van der Waals surface area (Å²) in [6.45, 7) is 8.28. The molecule has 0 unspecified atom stereocenters. The van der Waals surface area contributed by atoms with Crippen molar-refractivity contribution in [1.29, 1.82) is 0 Å². The maximum absolute atomic E-state index is 5.14. The van der Waals surface area contributed by atoms with Gasteiger partial charge in [0.1, 0.15) is 5.75 Å². The van der Waals surface area contributed by atoms with E-state index in [-0.39, 0.29) is 0 Å². The van der Waals surface area contributed by atoms with Gasteiger partial charge in [0.05, 0.1) is 7.11 Å². The number of ether oxygens (including phenoxy) is 1. The first kappa shape index (κ1) is 14.8. The van der Waals surface area contributed by atoms with Gasteiger partial charge in [-0.1, -0.05) is 44.9 Å². The van der Waals surface area contributed by atoms with Crippen LogP contribution in [0.25, 0.3) is 5.57 Å². The molecule has 2 nitrogen and oxygen atoms in total. The third-order valence-electron chi connectivity index (χ3n) is 3.04. The molecule has 0 aliphatic heterocycles. The zero-order valence-electron chi connectivity index (χ0n) is 11.7. The maximum Gasteiger partial charge on any atom is 0.118 e. The summed E-state index contributed by atoms with van der Waals surface area (Å²) in [5, 5.41) is 3.44. The number of hydrogen-bond acceptors (Lipinski definition) is 2. The summed E-state index contributed by atoms with van der Waals surface area (Å²) in [6.07, 6.45) is 5.20. The minimum atomic E-state index is 0.860. The Bertz CT molecular complexity index is 343. The minimum Gasteiger partial charge on any atom is -0.497 e. The molecular weight excluding hydrogens is 222 g/mol. The molecule has 0 fully saturated rings. The number of nitrogens with one attached hydrogen (secondary N) is 1. The molecule has 0 heterocycles. The first-order valence-corrected chi connectivity index (χ1v) is 6.81. The summed E-state index contributed by atoms with van der Waals surface area (Å²) in [7, 11) is 1.68. The zero-order chi connectivity index (χ0) is 13.2. The van der Waals surface area contributed by atoms with E-state index in [0.29, 0.717) is 0 Å². The van der Waals surface area contributed by atoms with Crippen molar-refractivity contribution in [3.05, 3.63) is 36.4 Å². The van der Waals surface area contributed by atoms with Gasteiger partial charge < -0.3 is 10.1 Å². The molecule has 0 amide bonds. The van der Waals surface area contributed by atoms with Crippen LogP contribution in [0.5, 0.6) is 5.75 Å². The molecule has 0 spiro atoms. The van der Waals surface area contributed by atoms with E-state index in [0.717, 1.165) is 24.4 Å². The van der Waals surface area contributed by atoms with E-state index >= 15 is 0 Å². The Balaban J connectivity index is 2.23. The Hall–Kier alpha value is -1.28. The lowest BCUT2D eigenvalue weighted by molar-refractivity contribution is 0.415. The highest BCUT2D eigenvalue weighted by molar-refractivity contribution is 5.65. The van der Waals surface area contributed by atoms with Crippen LogP contribution in [0.15, 0.2) is 30.8 Å². The normalized spacial score (nSPS) is 10.3. The van der Waals surface area contributed by atoms with Crippen molar-refractivity contribution < 1.29 is 4.74 Å². The van der Waals surface area contributed by atoms with Gasteiger partial charge >= 0.3 is 0 Å². The molecule has 0 saturated carbocycles. The van der Waals surface area contributed by atoms with Gasteiger partial charge in [0.25, 0.3) is 0 Å². The summed E-state index contributed by atoms with van der Waals surface area (Å²) in [6, 6.07) is 8.06. The Labute approximate surface area is 111 Å². The van der Waals surface area contributed by atoms with Gasteiger partial charge in [-0.3, -0.25) is 0 Å². The fourth-order valence-corrected chi connectivity index (χ4v) is 1.84. The van der Waals surface area contributed by atoms with Crippen LogP contribution in [0.1, 0.15) is 38.2 Å². The quantitative estimate of drug-likeness (QED) is 0.669. The molecule has 100 valence electrons. The number of methoxy groups -OCH3 is 1. The zero-order valence-corrected chi connectivity index (χ0v) is 11.7. The Morgan fingerprint density at radius 1 is 1.17 bits per heavy atom. The second-order valence-electron chi connectivity index (χ2n) is 4.57. The fourth-order valence-electron chi connectivity index (χ4n) is 1.84.